The van der Waals surface area contributed by atoms with Gasteiger partial charge in [0.05, 0.1) is 17.8 Å². The van der Waals surface area contributed by atoms with Crippen molar-refractivity contribution in [3.63, 3.8) is 0 Å². The zero-order valence-corrected chi connectivity index (χ0v) is 14.7. The van der Waals surface area contributed by atoms with E-state index in [4.69, 9.17) is 4.74 Å². The average Bonchev–Trinajstić information content (AvgIpc) is 2.65. The first-order valence-corrected chi connectivity index (χ1v) is 8.42. The number of para-hydroxylation sites is 1. The van der Waals surface area contributed by atoms with Gasteiger partial charge >= 0.3 is 0 Å². The van der Waals surface area contributed by atoms with Gasteiger partial charge in [0.15, 0.2) is 0 Å². The molecule has 0 saturated heterocycles. The zero-order chi connectivity index (χ0) is 19.4. The molecule has 0 spiro atoms. The minimum atomic E-state index is -0.828. The number of carbonyl (C=O) groups is 1. The van der Waals surface area contributed by atoms with Crippen molar-refractivity contribution in [1.82, 2.24) is 4.57 Å². The van der Waals surface area contributed by atoms with E-state index >= 15 is 0 Å². The zero-order valence-electron chi connectivity index (χ0n) is 14.7. The van der Waals surface area contributed by atoms with E-state index in [1.165, 1.54) is 16.7 Å². The number of aromatic nitrogens is 1. The molecule has 7 heteroatoms. The monoisotopic (exact) mass is 372 g/mol. The summed E-state index contributed by atoms with van der Waals surface area (Å²) in [4.78, 5) is 23.9. The summed E-state index contributed by atoms with van der Waals surface area (Å²) in [6.45, 7) is 0.219. The van der Waals surface area contributed by atoms with Crippen molar-refractivity contribution >= 4 is 22.5 Å². The summed E-state index contributed by atoms with van der Waals surface area (Å²) in [5, 5.41) is 3.20. The number of hydrogen-bond donors (Lipinski definition) is 1. The summed E-state index contributed by atoms with van der Waals surface area (Å²) in [6, 6.07) is 11.7. The third-order valence-electron chi connectivity index (χ3n) is 4.13. The fourth-order valence-electron chi connectivity index (χ4n) is 2.72. The van der Waals surface area contributed by atoms with Gasteiger partial charge in [0, 0.05) is 31.0 Å². The molecule has 5 nitrogen and oxygen atoms in total. The van der Waals surface area contributed by atoms with E-state index in [-0.39, 0.29) is 24.3 Å². The first-order valence-electron chi connectivity index (χ1n) is 8.42. The standard InChI is InChI=1S/C20H18F2N2O3/c1-24-17-6-3-2-5-14(17)18(12-20(24)26)27-10-4-7-19(25)23-16-9-8-13(21)11-15(16)22/h2-3,5-6,8-9,11-12H,4,7,10H2,1H3,(H,23,25). The van der Waals surface area contributed by atoms with Gasteiger partial charge in [-0.25, -0.2) is 8.78 Å². The Labute approximate surface area is 154 Å². The Morgan fingerprint density at radius 3 is 2.70 bits per heavy atom. The molecule has 0 aliphatic rings. The number of benzene rings is 2. The molecular weight excluding hydrogens is 354 g/mol. The molecule has 1 aromatic heterocycles. The van der Waals surface area contributed by atoms with Gasteiger partial charge < -0.3 is 14.6 Å². The maximum Gasteiger partial charge on any atom is 0.254 e. The number of nitrogens with zero attached hydrogens (tertiary/aromatic N) is 1. The molecule has 0 fully saturated rings. The smallest absolute Gasteiger partial charge is 0.254 e. The van der Waals surface area contributed by atoms with E-state index in [0.29, 0.717) is 18.2 Å². The molecule has 1 amide bonds. The van der Waals surface area contributed by atoms with Crippen LogP contribution in [0.1, 0.15) is 12.8 Å². The topological polar surface area (TPSA) is 60.3 Å². The molecule has 0 aliphatic carbocycles. The van der Waals surface area contributed by atoms with Crippen molar-refractivity contribution in [3.05, 3.63) is 70.5 Å². The Morgan fingerprint density at radius 2 is 1.93 bits per heavy atom. The van der Waals surface area contributed by atoms with Gasteiger partial charge in [0.25, 0.3) is 5.56 Å². The first kappa shape index (κ1) is 18.6. The van der Waals surface area contributed by atoms with Crippen LogP contribution in [0.15, 0.2) is 53.3 Å². The van der Waals surface area contributed by atoms with Gasteiger partial charge in [-0.05, 0) is 30.7 Å². The maximum atomic E-state index is 13.5. The Balaban J connectivity index is 1.58. The van der Waals surface area contributed by atoms with Gasteiger partial charge in [-0.3, -0.25) is 9.59 Å². The second-order valence-electron chi connectivity index (χ2n) is 6.05. The molecule has 0 aliphatic heterocycles. The van der Waals surface area contributed by atoms with Crippen molar-refractivity contribution < 1.29 is 18.3 Å². The Morgan fingerprint density at radius 1 is 1.15 bits per heavy atom. The van der Waals surface area contributed by atoms with Crippen LogP contribution in [0.25, 0.3) is 10.9 Å². The highest BCUT2D eigenvalue weighted by molar-refractivity contribution is 5.90. The molecule has 1 heterocycles. The highest BCUT2D eigenvalue weighted by atomic mass is 19.1. The average molecular weight is 372 g/mol. The lowest BCUT2D eigenvalue weighted by Gasteiger charge is -2.11. The maximum absolute atomic E-state index is 13.5. The number of fused-ring (bicyclic) bond motifs is 1. The minimum absolute atomic E-state index is 0.0696. The van der Waals surface area contributed by atoms with Crippen LogP contribution in [-0.2, 0) is 11.8 Å². The van der Waals surface area contributed by atoms with Crippen LogP contribution in [0.2, 0.25) is 0 Å². The normalized spacial score (nSPS) is 10.8. The highest BCUT2D eigenvalue weighted by Gasteiger charge is 2.10. The quantitative estimate of drug-likeness (QED) is 0.673. The van der Waals surface area contributed by atoms with E-state index in [9.17, 15) is 18.4 Å². The number of anilines is 1. The highest BCUT2D eigenvalue weighted by Crippen LogP contribution is 2.23. The van der Waals surface area contributed by atoms with Crippen LogP contribution >= 0.6 is 0 Å². The van der Waals surface area contributed by atoms with Crippen molar-refractivity contribution in [2.24, 2.45) is 7.05 Å². The Bertz CT molecular complexity index is 1050. The molecule has 0 radical (unpaired) electrons. The second-order valence-corrected chi connectivity index (χ2v) is 6.05. The number of ether oxygens (including phenoxy) is 1. The van der Waals surface area contributed by atoms with Crippen LogP contribution in [-0.4, -0.2) is 17.1 Å². The van der Waals surface area contributed by atoms with Crippen molar-refractivity contribution in [1.29, 1.82) is 0 Å². The van der Waals surface area contributed by atoms with Crippen molar-refractivity contribution in [3.8, 4) is 5.75 Å². The van der Waals surface area contributed by atoms with Crippen LogP contribution in [0.4, 0.5) is 14.5 Å². The second kappa shape index (κ2) is 7.99. The number of nitrogens with one attached hydrogen (secondary N) is 1. The SMILES string of the molecule is Cn1c(=O)cc(OCCCC(=O)Nc2ccc(F)cc2F)c2ccccc21. The molecular formula is C20H18F2N2O3. The van der Waals surface area contributed by atoms with Crippen molar-refractivity contribution in [2.45, 2.75) is 12.8 Å². The van der Waals surface area contributed by atoms with Gasteiger partial charge in [0.1, 0.15) is 17.4 Å². The van der Waals surface area contributed by atoms with E-state index in [1.807, 2.05) is 24.3 Å². The number of rotatable bonds is 6. The van der Waals surface area contributed by atoms with Gasteiger partial charge in [-0.15, -0.1) is 0 Å². The molecule has 0 atom stereocenters. The van der Waals surface area contributed by atoms with E-state index in [2.05, 4.69) is 5.32 Å². The lowest BCUT2D eigenvalue weighted by molar-refractivity contribution is -0.116. The van der Waals surface area contributed by atoms with Crippen molar-refractivity contribution in [2.75, 3.05) is 11.9 Å². The summed E-state index contributed by atoms with van der Waals surface area (Å²) in [5.41, 5.74) is 0.498. The fraction of sp³-hybridized carbons (Fsp3) is 0.200. The number of carbonyl (C=O) groups excluding carboxylic acids is 1. The van der Waals surface area contributed by atoms with Crippen LogP contribution in [0.3, 0.4) is 0 Å². The van der Waals surface area contributed by atoms with E-state index < -0.39 is 17.5 Å². The lowest BCUT2D eigenvalue weighted by atomic mass is 10.2. The molecule has 0 bridgehead atoms. The summed E-state index contributed by atoms with van der Waals surface area (Å²) in [7, 11) is 1.69. The van der Waals surface area contributed by atoms with E-state index in [0.717, 1.165) is 17.0 Å². The summed E-state index contributed by atoms with van der Waals surface area (Å²) in [5.74, 6) is -1.48. The minimum Gasteiger partial charge on any atom is -0.493 e. The number of halogens is 2. The third-order valence-corrected chi connectivity index (χ3v) is 4.13. The molecule has 3 rings (SSSR count). The predicted molar refractivity (Wildman–Crippen MR) is 98.9 cm³/mol. The first-order chi connectivity index (χ1) is 13.0. The fourth-order valence-corrected chi connectivity index (χ4v) is 2.72. The number of hydrogen-bond acceptors (Lipinski definition) is 3. The van der Waals surface area contributed by atoms with Gasteiger partial charge in [0.2, 0.25) is 5.91 Å². The summed E-state index contributed by atoms with van der Waals surface area (Å²) < 4.78 is 33.6. The summed E-state index contributed by atoms with van der Waals surface area (Å²) in [6.07, 6.45) is 0.470. The lowest BCUT2D eigenvalue weighted by Crippen LogP contribution is -2.17. The number of pyridine rings is 1. The van der Waals surface area contributed by atoms with Gasteiger partial charge in [-0.1, -0.05) is 12.1 Å². The molecule has 2 aromatic carbocycles. The molecule has 140 valence electrons. The molecule has 0 saturated carbocycles. The van der Waals surface area contributed by atoms with Crippen LogP contribution in [0.5, 0.6) is 5.75 Å². The van der Waals surface area contributed by atoms with Crippen LogP contribution in [0, 0.1) is 11.6 Å². The molecule has 27 heavy (non-hydrogen) atoms. The molecule has 3 aromatic rings. The number of amides is 1. The predicted octanol–water partition coefficient (Wildman–Crippen LogP) is 3.61. The largest absolute Gasteiger partial charge is 0.493 e. The number of aryl methyl sites for hydroxylation is 1. The van der Waals surface area contributed by atoms with E-state index in [1.54, 1.807) is 7.05 Å². The van der Waals surface area contributed by atoms with Gasteiger partial charge in [-0.2, -0.15) is 0 Å². The Hall–Kier alpha value is -3.22. The molecule has 1 N–H and O–H groups in total. The Kier molecular flexibility index (Phi) is 5.49. The summed E-state index contributed by atoms with van der Waals surface area (Å²) >= 11 is 0. The van der Waals surface area contributed by atoms with Crippen LogP contribution < -0.4 is 15.6 Å². The molecule has 0 unspecified atom stereocenters. The third kappa shape index (κ3) is 4.31.